The number of aliphatic hydroxyl groups excluding tert-OH is 1. The molecule has 0 saturated heterocycles. The molecule has 0 bridgehead atoms. The van der Waals surface area contributed by atoms with Gasteiger partial charge in [-0.05, 0) is 19.4 Å². The van der Waals surface area contributed by atoms with Gasteiger partial charge in [-0.2, -0.15) is 0 Å². The molecule has 5 nitrogen and oxygen atoms in total. The third-order valence-electron chi connectivity index (χ3n) is 2.78. The quantitative estimate of drug-likeness (QED) is 0.809. The Morgan fingerprint density at radius 2 is 2.21 bits per heavy atom. The fourth-order valence-electron chi connectivity index (χ4n) is 1.59. The molecule has 0 aromatic heterocycles. The van der Waals surface area contributed by atoms with E-state index in [0.29, 0.717) is 35.0 Å². The first-order valence-corrected chi connectivity index (χ1v) is 6.31. The maximum Gasteiger partial charge on any atom is 0.257 e. The molecule has 0 fully saturated rings. The average Bonchev–Trinajstić information content (AvgIpc) is 2.37. The molecule has 1 rings (SSSR count). The smallest absolute Gasteiger partial charge is 0.257 e. The third-order valence-corrected chi connectivity index (χ3v) is 3.11. The maximum absolute atomic E-state index is 12.3. The number of carbonyl (C=O) groups excluding carboxylic acids is 1. The molecule has 0 radical (unpaired) electrons. The van der Waals surface area contributed by atoms with Gasteiger partial charge in [0.1, 0.15) is 5.75 Å². The maximum atomic E-state index is 12.3. The minimum atomic E-state index is -0.452. The van der Waals surface area contributed by atoms with E-state index >= 15 is 0 Å². The number of amides is 1. The zero-order valence-corrected chi connectivity index (χ0v) is 12.1. The highest BCUT2D eigenvalue weighted by molar-refractivity contribution is 6.33. The first kappa shape index (κ1) is 15.6. The number of rotatable bonds is 5. The summed E-state index contributed by atoms with van der Waals surface area (Å²) in [5.41, 5.74) is 6.39. The van der Waals surface area contributed by atoms with Gasteiger partial charge in [-0.15, -0.1) is 0 Å². The van der Waals surface area contributed by atoms with Gasteiger partial charge in [-0.3, -0.25) is 4.79 Å². The van der Waals surface area contributed by atoms with Crippen molar-refractivity contribution in [1.29, 1.82) is 0 Å². The number of nitrogens with zero attached hydrogens (tertiary/aromatic N) is 1. The van der Waals surface area contributed by atoms with Crippen molar-refractivity contribution < 1.29 is 14.6 Å². The average molecular weight is 287 g/mol. The summed E-state index contributed by atoms with van der Waals surface area (Å²) in [6.45, 7) is 2.13. The molecule has 1 amide bonds. The molecule has 1 atom stereocenters. The summed E-state index contributed by atoms with van der Waals surface area (Å²) in [6, 6.07) is 3.02. The molecule has 6 heteroatoms. The van der Waals surface area contributed by atoms with Gasteiger partial charge in [-0.1, -0.05) is 11.6 Å². The number of halogens is 1. The Balaban J connectivity index is 2.95. The van der Waals surface area contributed by atoms with Crippen LogP contribution in [0.15, 0.2) is 12.1 Å². The van der Waals surface area contributed by atoms with Gasteiger partial charge in [0.15, 0.2) is 0 Å². The Morgan fingerprint density at radius 1 is 1.58 bits per heavy atom. The SMILES string of the molecule is COc1cc(N)c(Cl)cc1C(=O)N(C)CCC(C)O. The molecular weight excluding hydrogens is 268 g/mol. The summed E-state index contributed by atoms with van der Waals surface area (Å²) in [5, 5.41) is 9.55. The molecule has 3 N–H and O–H groups in total. The lowest BCUT2D eigenvalue weighted by Crippen LogP contribution is -2.29. The predicted octanol–water partition coefficient (Wildman–Crippen LogP) is 1.77. The van der Waals surface area contributed by atoms with E-state index in [1.54, 1.807) is 14.0 Å². The standard InChI is InChI=1S/C13H19ClN2O3/c1-8(17)4-5-16(2)13(18)9-6-10(14)11(15)7-12(9)19-3/h6-8,17H,4-5,15H2,1-3H3. The molecule has 19 heavy (non-hydrogen) atoms. The van der Waals surface area contributed by atoms with E-state index in [-0.39, 0.29) is 5.91 Å². The van der Waals surface area contributed by atoms with Gasteiger partial charge in [0.05, 0.1) is 29.5 Å². The molecule has 106 valence electrons. The molecule has 1 unspecified atom stereocenters. The van der Waals surface area contributed by atoms with Gasteiger partial charge in [0.2, 0.25) is 0 Å². The number of hydrogen-bond acceptors (Lipinski definition) is 4. The first-order valence-electron chi connectivity index (χ1n) is 5.93. The number of methoxy groups -OCH3 is 1. The second-order valence-electron chi connectivity index (χ2n) is 4.44. The fraction of sp³-hybridized carbons (Fsp3) is 0.462. The number of ether oxygens (including phenoxy) is 1. The number of anilines is 1. The van der Waals surface area contributed by atoms with Crippen molar-refractivity contribution in [3.8, 4) is 5.75 Å². The van der Waals surface area contributed by atoms with Crippen LogP contribution in [-0.4, -0.2) is 42.7 Å². The zero-order chi connectivity index (χ0) is 14.6. The number of aliphatic hydroxyl groups is 1. The van der Waals surface area contributed by atoms with E-state index in [2.05, 4.69) is 0 Å². The van der Waals surface area contributed by atoms with Crippen LogP contribution < -0.4 is 10.5 Å². The van der Waals surface area contributed by atoms with E-state index < -0.39 is 6.10 Å². The van der Waals surface area contributed by atoms with Gasteiger partial charge >= 0.3 is 0 Å². The Kier molecular flexibility index (Phi) is 5.44. The van der Waals surface area contributed by atoms with Crippen LogP contribution in [0.1, 0.15) is 23.7 Å². The lowest BCUT2D eigenvalue weighted by molar-refractivity contribution is 0.0765. The van der Waals surface area contributed by atoms with Crippen LogP contribution in [0.5, 0.6) is 5.75 Å². The van der Waals surface area contributed by atoms with Crippen molar-refractivity contribution >= 4 is 23.2 Å². The number of hydrogen-bond donors (Lipinski definition) is 2. The van der Waals surface area contributed by atoms with E-state index in [1.165, 1.54) is 24.1 Å². The second kappa shape index (κ2) is 6.63. The van der Waals surface area contributed by atoms with Gasteiger partial charge < -0.3 is 20.5 Å². The molecule has 0 aliphatic carbocycles. The van der Waals surface area contributed by atoms with Gasteiger partial charge in [-0.25, -0.2) is 0 Å². The summed E-state index contributed by atoms with van der Waals surface area (Å²) in [4.78, 5) is 13.8. The monoisotopic (exact) mass is 286 g/mol. The van der Waals surface area contributed by atoms with Crippen LogP contribution in [0.2, 0.25) is 5.02 Å². The van der Waals surface area contributed by atoms with Crippen LogP contribution >= 0.6 is 11.6 Å². The molecule has 1 aromatic rings. The molecule has 0 saturated carbocycles. The van der Waals surface area contributed by atoms with Crippen molar-refractivity contribution in [3.05, 3.63) is 22.7 Å². The molecule has 0 aliphatic rings. The highest BCUT2D eigenvalue weighted by atomic mass is 35.5. The van der Waals surface area contributed by atoms with E-state index in [4.69, 9.17) is 22.1 Å². The van der Waals surface area contributed by atoms with Gasteiger partial charge in [0.25, 0.3) is 5.91 Å². The van der Waals surface area contributed by atoms with Crippen molar-refractivity contribution in [2.24, 2.45) is 0 Å². The summed E-state index contributed by atoms with van der Waals surface area (Å²) in [6.07, 6.45) is 0.0555. The minimum absolute atomic E-state index is 0.223. The Labute approximate surface area is 117 Å². The molecular formula is C13H19ClN2O3. The van der Waals surface area contributed by atoms with E-state index in [9.17, 15) is 9.90 Å². The summed E-state index contributed by atoms with van der Waals surface area (Å²) in [7, 11) is 3.13. The number of benzene rings is 1. The summed E-state index contributed by atoms with van der Waals surface area (Å²) >= 11 is 5.93. The van der Waals surface area contributed by atoms with E-state index in [0.717, 1.165) is 0 Å². The third kappa shape index (κ3) is 4.01. The van der Waals surface area contributed by atoms with Crippen LogP contribution in [0, 0.1) is 0 Å². The normalized spacial score (nSPS) is 12.1. The first-order chi connectivity index (χ1) is 8.86. The van der Waals surface area contributed by atoms with Crippen molar-refractivity contribution in [1.82, 2.24) is 4.90 Å². The van der Waals surface area contributed by atoms with Crippen LogP contribution in [-0.2, 0) is 0 Å². The van der Waals surface area contributed by atoms with Crippen LogP contribution in [0.4, 0.5) is 5.69 Å². The number of nitrogen functional groups attached to an aromatic ring is 1. The number of carbonyl (C=O) groups is 1. The Bertz CT molecular complexity index is 463. The topological polar surface area (TPSA) is 75.8 Å². The van der Waals surface area contributed by atoms with Crippen LogP contribution in [0.25, 0.3) is 0 Å². The largest absolute Gasteiger partial charge is 0.496 e. The van der Waals surface area contributed by atoms with Crippen molar-refractivity contribution in [3.63, 3.8) is 0 Å². The molecule has 0 spiro atoms. The van der Waals surface area contributed by atoms with E-state index in [1.807, 2.05) is 0 Å². The van der Waals surface area contributed by atoms with Crippen molar-refractivity contribution in [2.75, 3.05) is 26.4 Å². The zero-order valence-electron chi connectivity index (χ0n) is 11.3. The predicted molar refractivity (Wildman–Crippen MR) is 75.7 cm³/mol. The Hall–Kier alpha value is -1.46. The molecule has 0 aliphatic heterocycles. The minimum Gasteiger partial charge on any atom is -0.496 e. The molecule has 0 heterocycles. The Morgan fingerprint density at radius 3 is 2.74 bits per heavy atom. The second-order valence-corrected chi connectivity index (χ2v) is 4.85. The number of nitrogens with two attached hydrogens (primary N) is 1. The lowest BCUT2D eigenvalue weighted by atomic mass is 10.1. The highest BCUT2D eigenvalue weighted by Gasteiger charge is 2.18. The fourth-order valence-corrected chi connectivity index (χ4v) is 1.76. The highest BCUT2D eigenvalue weighted by Crippen LogP contribution is 2.29. The summed E-state index contributed by atoms with van der Waals surface area (Å²) in [5.74, 6) is 0.162. The van der Waals surface area contributed by atoms with Crippen molar-refractivity contribution in [2.45, 2.75) is 19.4 Å². The summed E-state index contributed by atoms with van der Waals surface area (Å²) < 4.78 is 5.14. The van der Waals surface area contributed by atoms with Gasteiger partial charge in [0, 0.05) is 19.7 Å². The van der Waals surface area contributed by atoms with Crippen LogP contribution in [0.3, 0.4) is 0 Å². The lowest BCUT2D eigenvalue weighted by Gasteiger charge is -2.20. The molecule has 1 aromatic carbocycles.